The van der Waals surface area contributed by atoms with Crippen LogP contribution in [0, 0.1) is 0 Å². The molecule has 1 N–H and O–H groups in total. The SMILES string of the molecule is CC(C)(C)OC(=O)N1C[C@@H]2OC(=O)N(C3CCNC3)[C@@H]2C1.Cl. The van der Waals surface area contributed by atoms with Crippen molar-refractivity contribution in [1.29, 1.82) is 0 Å². The van der Waals surface area contributed by atoms with Crippen LogP contribution in [0.4, 0.5) is 9.59 Å². The third kappa shape index (κ3) is 3.25. The van der Waals surface area contributed by atoms with Crippen LogP contribution < -0.4 is 5.32 Å². The molecule has 3 rings (SSSR count). The third-order valence-electron chi connectivity index (χ3n) is 4.14. The lowest BCUT2D eigenvalue weighted by atomic mass is 10.1. The van der Waals surface area contributed by atoms with Gasteiger partial charge < -0.3 is 19.7 Å². The Hall–Kier alpha value is -1.21. The number of hydrogen-bond acceptors (Lipinski definition) is 5. The van der Waals surface area contributed by atoms with Gasteiger partial charge in [-0.2, -0.15) is 0 Å². The summed E-state index contributed by atoms with van der Waals surface area (Å²) in [5.41, 5.74) is -0.513. The van der Waals surface area contributed by atoms with E-state index in [1.165, 1.54) is 0 Å². The molecule has 0 saturated carbocycles. The standard InChI is InChI=1S/C14H23N3O4.ClH/c1-14(2,3)21-12(18)16-7-10-11(8-16)20-13(19)17(10)9-4-5-15-6-9;/h9-11,15H,4-8H2,1-3H3;1H/t9?,10-,11+;/m1./s1. The molecule has 0 aliphatic carbocycles. The van der Waals surface area contributed by atoms with Crippen LogP contribution in [0.5, 0.6) is 0 Å². The summed E-state index contributed by atoms with van der Waals surface area (Å²) in [4.78, 5) is 27.6. The molecule has 126 valence electrons. The van der Waals surface area contributed by atoms with Crippen LogP contribution in [0.25, 0.3) is 0 Å². The highest BCUT2D eigenvalue weighted by molar-refractivity contribution is 5.85. The van der Waals surface area contributed by atoms with E-state index < -0.39 is 5.60 Å². The minimum Gasteiger partial charge on any atom is -0.444 e. The van der Waals surface area contributed by atoms with Crippen molar-refractivity contribution in [2.24, 2.45) is 0 Å². The lowest BCUT2D eigenvalue weighted by Gasteiger charge is -2.28. The highest BCUT2D eigenvalue weighted by Gasteiger charge is 2.51. The first-order valence-electron chi connectivity index (χ1n) is 7.53. The largest absolute Gasteiger partial charge is 0.444 e. The fraction of sp³-hybridized carbons (Fsp3) is 0.857. The summed E-state index contributed by atoms with van der Waals surface area (Å²) < 4.78 is 10.8. The van der Waals surface area contributed by atoms with Gasteiger partial charge >= 0.3 is 12.2 Å². The van der Waals surface area contributed by atoms with Gasteiger partial charge in [0.25, 0.3) is 0 Å². The minimum atomic E-state index is -0.513. The van der Waals surface area contributed by atoms with Gasteiger partial charge in [-0.3, -0.25) is 4.90 Å². The van der Waals surface area contributed by atoms with E-state index in [0.717, 1.165) is 19.5 Å². The van der Waals surface area contributed by atoms with Crippen LogP contribution >= 0.6 is 12.4 Å². The number of halogens is 1. The summed E-state index contributed by atoms with van der Waals surface area (Å²) in [6, 6.07) is 0.126. The second-order valence-electron chi connectivity index (χ2n) is 6.93. The van der Waals surface area contributed by atoms with Gasteiger partial charge in [-0.15, -0.1) is 12.4 Å². The van der Waals surface area contributed by atoms with Crippen molar-refractivity contribution in [3.05, 3.63) is 0 Å². The Kier molecular flexibility index (Phi) is 4.77. The van der Waals surface area contributed by atoms with Gasteiger partial charge in [0.1, 0.15) is 11.7 Å². The van der Waals surface area contributed by atoms with E-state index in [1.54, 1.807) is 4.90 Å². The van der Waals surface area contributed by atoms with Crippen molar-refractivity contribution in [3.63, 3.8) is 0 Å². The molecule has 0 aromatic heterocycles. The van der Waals surface area contributed by atoms with Crippen molar-refractivity contribution in [2.75, 3.05) is 26.2 Å². The molecular weight excluding hydrogens is 310 g/mol. The van der Waals surface area contributed by atoms with Crippen LogP contribution in [-0.4, -0.2) is 72.0 Å². The van der Waals surface area contributed by atoms with Crippen LogP contribution in [0.3, 0.4) is 0 Å². The monoisotopic (exact) mass is 333 g/mol. The number of nitrogens with zero attached hydrogens (tertiary/aromatic N) is 2. The Labute approximate surface area is 136 Å². The first-order chi connectivity index (χ1) is 9.85. The van der Waals surface area contributed by atoms with Gasteiger partial charge in [-0.25, -0.2) is 9.59 Å². The van der Waals surface area contributed by atoms with E-state index in [2.05, 4.69) is 5.32 Å². The molecule has 3 atom stereocenters. The maximum Gasteiger partial charge on any atom is 0.410 e. The van der Waals surface area contributed by atoms with Gasteiger partial charge in [0, 0.05) is 19.1 Å². The summed E-state index contributed by atoms with van der Waals surface area (Å²) in [5.74, 6) is 0. The number of carbonyl (C=O) groups excluding carboxylic acids is 2. The molecule has 7 nitrogen and oxygen atoms in total. The van der Waals surface area contributed by atoms with E-state index in [1.807, 2.05) is 25.7 Å². The second kappa shape index (κ2) is 6.12. The van der Waals surface area contributed by atoms with Gasteiger partial charge in [-0.05, 0) is 33.7 Å². The number of carbonyl (C=O) groups is 2. The highest BCUT2D eigenvalue weighted by atomic mass is 35.5. The maximum atomic E-state index is 12.1. The van der Waals surface area contributed by atoms with Crippen LogP contribution in [0.1, 0.15) is 27.2 Å². The quantitative estimate of drug-likeness (QED) is 0.781. The molecule has 1 unspecified atom stereocenters. The molecule has 8 heteroatoms. The first kappa shape index (κ1) is 17.1. The summed E-state index contributed by atoms with van der Waals surface area (Å²) in [6.45, 7) is 8.16. The lowest BCUT2D eigenvalue weighted by Crippen LogP contribution is -2.46. The van der Waals surface area contributed by atoms with Gasteiger partial charge in [-0.1, -0.05) is 0 Å². The van der Waals surface area contributed by atoms with E-state index in [4.69, 9.17) is 9.47 Å². The van der Waals surface area contributed by atoms with E-state index in [9.17, 15) is 9.59 Å². The summed E-state index contributed by atoms with van der Waals surface area (Å²) >= 11 is 0. The second-order valence-corrected chi connectivity index (χ2v) is 6.93. The fourth-order valence-corrected chi connectivity index (χ4v) is 3.24. The molecule has 3 fully saturated rings. The number of amides is 2. The maximum absolute atomic E-state index is 12.1. The number of likely N-dealkylation sites (tertiary alicyclic amines) is 1. The van der Waals surface area contributed by atoms with Crippen molar-refractivity contribution < 1.29 is 19.1 Å². The average molecular weight is 334 g/mol. The third-order valence-corrected chi connectivity index (χ3v) is 4.14. The van der Waals surface area contributed by atoms with Crippen molar-refractivity contribution in [1.82, 2.24) is 15.1 Å². The van der Waals surface area contributed by atoms with Gasteiger partial charge in [0.05, 0.1) is 12.6 Å². The predicted octanol–water partition coefficient (Wildman–Crippen LogP) is 1.21. The molecule has 3 saturated heterocycles. The molecule has 22 heavy (non-hydrogen) atoms. The number of hydrogen-bond donors (Lipinski definition) is 1. The molecule has 2 amide bonds. The summed E-state index contributed by atoms with van der Waals surface area (Å²) in [5, 5.41) is 3.26. The fourth-order valence-electron chi connectivity index (χ4n) is 3.24. The molecular formula is C14H24ClN3O4. The number of fused-ring (bicyclic) bond motifs is 1. The Morgan fingerprint density at radius 1 is 1.36 bits per heavy atom. The first-order valence-corrected chi connectivity index (χ1v) is 7.53. The van der Waals surface area contributed by atoms with E-state index in [0.29, 0.717) is 13.1 Å². The number of rotatable bonds is 1. The zero-order valence-electron chi connectivity index (χ0n) is 13.2. The van der Waals surface area contributed by atoms with Crippen LogP contribution in [-0.2, 0) is 9.47 Å². The molecule has 0 spiro atoms. The van der Waals surface area contributed by atoms with Crippen molar-refractivity contribution in [2.45, 2.75) is 51.0 Å². The Morgan fingerprint density at radius 3 is 2.68 bits per heavy atom. The van der Waals surface area contributed by atoms with Crippen molar-refractivity contribution >= 4 is 24.6 Å². The lowest BCUT2D eigenvalue weighted by molar-refractivity contribution is 0.0242. The predicted molar refractivity (Wildman–Crippen MR) is 82.2 cm³/mol. The van der Waals surface area contributed by atoms with Gasteiger partial charge in [0.15, 0.2) is 0 Å². The van der Waals surface area contributed by atoms with E-state index in [-0.39, 0.29) is 42.8 Å². The molecule has 3 heterocycles. The van der Waals surface area contributed by atoms with Crippen LogP contribution in [0.2, 0.25) is 0 Å². The molecule has 3 aliphatic heterocycles. The molecule has 3 aliphatic rings. The number of nitrogens with one attached hydrogen (secondary N) is 1. The smallest absolute Gasteiger partial charge is 0.410 e. The molecule has 0 bridgehead atoms. The zero-order valence-corrected chi connectivity index (χ0v) is 14.0. The highest BCUT2D eigenvalue weighted by Crippen LogP contribution is 2.31. The van der Waals surface area contributed by atoms with Crippen molar-refractivity contribution in [3.8, 4) is 0 Å². The molecule has 0 radical (unpaired) electrons. The summed E-state index contributed by atoms with van der Waals surface area (Å²) in [6.07, 6.45) is 0.121. The topological polar surface area (TPSA) is 71.1 Å². The summed E-state index contributed by atoms with van der Waals surface area (Å²) in [7, 11) is 0. The van der Waals surface area contributed by atoms with E-state index >= 15 is 0 Å². The Morgan fingerprint density at radius 2 is 2.09 bits per heavy atom. The molecule has 0 aromatic rings. The zero-order chi connectivity index (χ0) is 15.2. The average Bonchev–Trinajstić information content (AvgIpc) is 3.01. The van der Waals surface area contributed by atoms with Crippen LogP contribution in [0.15, 0.2) is 0 Å². The minimum absolute atomic E-state index is 0. The molecule has 0 aromatic carbocycles. The number of ether oxygens (including phenoxy) is 2. The Balaban J connectivity index is 0.00000176. The normalized spacial score (nSPS) is 30.9. The Bertz CT molecular complexity index is 448. The van der Waals surface area contributed by atoms with Gasteiger partial charge in [0.2, 0.25) is 0 Å².